The maximum absolute atomic E-state index is 11.3. The van der Waals surface area contributed by atoms with Gasteiger partial charge in [-0.05, 0) is 72.0 Å². The van der Waals surface area contributed by atoms with Crippen molar-refractivity contribution in [1.82, 2.24) is 9.88 Å². The molecule has 1 aliphatic rings. The Bertz CT molecular complexity index is 1770. The second-order valence-corrected chi connectivity index (χ2v) is 10.8. The normalized spacial score (nSPS) is 11.1. The number of aliphatic carboxylic acids is 2. The van der Waals surface area contributed by atoms with Gasteiger partial charge in [0.25, 0.3) is 17.6 Å². The van der Waals surface area contributed by atoms with Gasteiger partial charge in [-0.2, -0.15) is 0 Å². The van der Waals surface area contributed by atoms with Crippen LogP contribution in [-0.2, 0) is 39.9 Å². The Labute approximate surface area is 315 Å². The topological polar surface area (TPSA) is 155 Å². The number of aromatic nitrogens is 1. The predicted octanol–water partition coefficient (Wildman–Crippen LogP) is 9.19. The summed E-state index contributed by atoms with van der Waals surface area (Å²) in [5.74, 6) is -0.271. The number of likely N-dealkylation sites (tertiary alicyclic amines) is 1. The van der Waals surface area contributed by atoms with Crippen molar-refractivity contribution in [2.24, 2.45) is 0 Å². The van der Waals surface area contributed by atoms with Gasteiger partial charge in [0.05, 0.1) is 16.6 Å². The Morgan fingerprint density at radius 3 is 1.77 bits per heavy atom. The van der Waals surface area contributed by atoms with Gasteiger partial charge in [-0.15, -0.1) is 0 Å². The van der Waals surface area contributed by atoms with Gasteiger partial charge in [0.1, 0.15) is 24.7 Å². The summed E-state index contributed by atoms with van der Waals surface area (Å²) in [6.45, 7) is 9.19. The van der Waals surface area contributed by atoms with E-state index in [0.29, 0.717) is 24.5 Å². The van der Waals surface area contributed by atoms with Gasteiger partial charge in [-0.1, -0.05) is 74.5 Å². The summed E-state index contributed by atoms with van der Waals surface area (Å²) < 4.78 is 11.4. The van der Waals surface area contributed by atoms with Crippen LogP contribution in [0.1, 0.15) is 57.2 Å². The molecule has 3 N–H and O–H groups in total. The summed E-state index contributed by atoms with van der Waals surface area (Å²) in [5, 5.41) is 27.4. The fourth-order valence-electron chi connectivity index (χ4n) is 4.59. The number of benzene rings is 4. The zero-order valence-electron chi connectivity index (χ0n) is 29.9. The molecule has 0 amide bonds. The van der Waals surface area contributed by atoms with Crippen LogP contribution in [0.25, 0.3) is 17.0 Å². The number of ether oxygens (including phenoxy) is 2. The largest absolute Gasteiger partial charge is 0.489 e. The van der Waals surface area contributed by atoms with Gasteiger partial charge in [0.15, 0.2) is 0 Å². The molecule has 11 nitrogen and oxygen atoms in total. The zero-order valence-corrected chi connectivity index (χ0v) is 31.0. The third-order valence-corrected chi connectivity index (χ3v) is 6.83. The molecule has 0 saturated carbocycles. The van der Waals surface area contributed by atoms with Crippen LogP contribution in [0.5, 0.6) is 11.5 Å². The SMILES string of the molecule is CC.CC(=O)O.CC(=O)O.O=[N+]([O-])c1cc(OCc2ccccc2)ccc1/C=C/N1CCCC1.[Fe].c1ccc(COc2ccc3cc[nH]c3c2)cc1. The predicted molar refractivity (Wildman–Crippen MR) is 201 cm³/mol. The number of hydrogen-bond acceptors (Lipinski definition) is 7. The fraction of sp³-hybridized carbons (Fsp3) is 0.250. The van der Waals surface area contributed by atoms with Crippen molar-refractivity contribution in [3.05, 3.63) is 142 Å². The second-order valence-electron chi connectivity index (χ2n) is 10.8. The standard InChI is InChI=1S/C19H20N2O3.C15H13NO.2C2H4O2.C2H6.Fe/c22-21(23)19-14-18(24-15-16-6-2-1-3-7-16)9-8-17(19)10-13-20-11-4-5-12-20;1-2-4-12(5-3-1)11-17-14-7-6-13-8-9-16-15(13)10-14;2*1-2(3)4;1-2;/h1-3,6-10,13-14H,4-5,11-12,15H2;1-10,16H,11H2;2*1H3,(H,3,4);1-2H3;/b13-10+;;;;;. The van der Waals surface area contributed by atoms with Crippen molar-refractivity contribution >= 4 is 34.6 Å². The van der Waals surface area contributed by atoms with E-state index < -0.39 is 11.9 Å². The van der Waals surface area contributed by atoms with E-state index in [0.717, 1.165) is 43.8 Å². The molecule has 4 aromatic carbocycles. The Hall–Kier alpha value is -5.58. The van der Waals surface area contributed by atoms with Crippen LogP contribution in [0.3, 0.4) is 0 Å². The van der Waals surface area contributed by atoms with E-state index in [1.165, 1.54) is 29.9 Å². The Kier molecular flexibility index (Phi) is 21.7. The zero-order chi connectivity index (χ0) is 37.4. The molecule has 0 aliphatic carbocycles. The average molecular weight is 754 g/mol. The summed E-state index contributed by atoms with van der Waals surface area (Å²) in [6, 6.07) is 33.1. The molecule has 0 bridgehead atoms. The van der Waals surface area contributed by atoms with Gasteiger partial charge in [-0.3, -0.25) is 19.7 Å². The van der Waals surface area contributed by atoms with Gasteiger partial charge >= 0.3 is 0 Å². The third-order valence-electron chi connectivity index (χ3n) is 6.83. The molecule has 0 radical (unpaired) electrons. The number of carboxylic acids is 2. The molecule has 6 rings (SSSR count). The van der Waals surface area contributed by atoms with Gasteiger partial charge in [0.2, 0.25) is 0 Å². The van der Waals surface area contributed by atoms with E-state index >= 15 is 0 Å². The number of nitrogens with one attached hydrogen (secondary N) is 1. The van der Waals surface area contributed by atoms with E-state index in [1.807, 2.05) is 93.0 Å². The van der Waals surface area contributed by atoms with Crippen LogP contribution in [0.2, 0.25) is 0 Å². The minimum absolute atomic E-state index is 0. The van der Waals surface area contributed by atoms with Crippen LogP contribution in [0, 0.1) is 10.1 Å². The maximum Gasteiger partial charge on any atom is 0.300 e. The molecule has 2 heterocycles. The Morgan fingerprint density at radius 2 is 1.27 bits per heavy atom. The molecule has 1 saturated heterocycles. The molecule has 0 atom stereocenters. The number of carboxylic acid groups (broad SMARTS) is 2. The van der Waals surface area contributed by atoms with E-state index in [2.05, 4.69) is 34.1 Å². The number of fused-ring (bicyclic) bond motifs is 1. The second kappa shape index (κ2) is 25.4. The van der Waals surface area contributed by atoms with Crippen molar-refractivity contribution in [3.8, 4) is 11.5 Å². The molecule has 52 heavy (non-hydrogen) atoms. The molecule has 1 aliphatic heterocycles. The summed E-state index contributed by atoms with van der Waals surface area (Å²) in [5.41, 5.74) is 3.97. The first-order chi connectivity index (χ1) is 24.6. The number of rotatable bonds is 9. The van der Waals surface area contributed by atoms with Crippen molar-refractivity contribution in [3.63, 3.8) is 0 Å². The van der Waals surface area contributed by atoms with Gasteiger partial charge < -0.3 is 29.6 Å². The van der Waals surface area contributed by atoms with E-state index in [9.17, 15) is 10.1 Å². The van der Waals surface area contributed by atoms with Crippen molar-refractivity contribution in [2.45, 2.75) is 53.8 Å². The Morgan fingerprint density at radius 1 is 0.788 bits per heavy atom. The molecular weight excluding hydrogens is 706 g/mol. The summed E-state index contributed by atoms with van der Waals surface area (Å²) in [7, 11) is 0. The number of nitrogens with zero attached hydrogens (tertiary/aromatic N) is 2. The van der Waals surface area contributed by atoms with Gasteiger partial charge in [0, 0.05) is 61.8 Å². The number of carbonyl (C=O) groups is 2. The first-order valence-electron chi connectivity index (χ1n) is 16.6. The minimum atomic E-state index is -0.833. The smallest absolute Gasteiger partial charge is 0.300 e. The first-order valence-corrected chi connectivity index (χ1v) is 16.6. The van der Waals surface area contributed by atoms with Crippen molar-refractivity contribution < 1.29 is 51.3 Å². The van der Waals surface area contributed by atoms with Crippen LogP contribution in [0.15, 0.2) is 116 Å². The maximum atomic E-state index is 11.3. The van der Waals surface area contributed by atoms with E-state index in [1.54, 1.807) is 12.1 Å². The number of aromatic amines is 1. The van der Waals surface area contributed by atoms with E-state index in [-0.39, 0.29) is 27.7 Å². The molecule has 5 aromatic rings. The quantitative estimate of drug-likeness (QED) is 0.0759. The molecular formula is C40H47FeN3O8. The molecule has 12 heteroatoms. The van der Waals surface area contributed by atoms with Crippen LogP contribution >= 0.6 is 0 Å². The molecule has 278 valence electrons. The van der Waals surface area contributed by atoms with Crippen molar-refractivity contribution in [1.29, 1.82) is 0 Å². The fourth-order valence-corrected chi connectivity index (χ4v) is 4.59. The average Bonchev–Trinajstić information content (AvgIpc) is 3.83. The first kappa shape index (κ1) is 44.4. The molecule has 0 spiro atoms. The Balaban J connectivity index is 0.000000420. The number of nitro groups is 1. The summed E-state index contributed by atoms with van der Waals surface area (Å²) >= 11 is 0. The van der Waals surface area contributed by atoms with Crippen molar-refractivity contribution in [2.75, 3.05) is 13.1 Å². The third kappa shape index (κ3) is 17.9. The monoisotopic (exact) mass is 753 g/mol. The van der Waals surface area contributed by atoms with Crippen LogP contribution < -0.4 is 9.47 Å². The number of nitro benzene ring substituents is 1. The molecule has 1 aromatic heterocycles. The van der Waals surface area contributed by atoms with Crippen LogP contribution in [-0.4, -0.2) is 50.0 Å². The molecule has 1 fully saturated rings. The summed E-state index contributed by atoms with van der Waals surface area (Å²) in [6.07, 6.45) is 8.05. The van der Waals surface area contributed by atoms with E-state index in [4.69, 9.17) is 29.3 Å². The van der Waals surface area contributed by atoms with Gasteiger partial charge in [-0.25, -0.2) is 0 Å². The minimum Gasteiger partial charge on any atom is -0.489 e. The molecule has 0 unspecified atom stereocenters. The number of H-pyrrole nitrogens is 1. The van der Waals surface area contributed by atoms with Crippen LogP contribution in [0.4, 0.5) is 5.69 Å². The number of hydrogen-bond donors (Lipinski definition) is 3. The summed E-state index contributed by atoms with van der Waals surface area (Å²) in [4.78, 5) is 34.3.